The van der Waals surface area contributed by atoms with Crippen molar-refractivity contribution in [2.75, 3.05) is 0 Å². The summed E-state index contributed by atoms with van der Waals surface area (Å²) in [5.41, 5.74) is 6.04. The van der Waals surface area contributed by atoms with Crippen LogP contribution in [0.5, 0.6) is 0 Å². The van der Waals surface area contributed by atoms with Gasteiger partial charge in [-0.2, -0.15) is 0 Å². The summed E-state index contributed by atoms with van der Waals surface area (Å²) in [5, 5.41) is 0. The van der Waals surface area contributed by atoms with Gasteiger partial charge in [-0.15, -0.1) is 0 Å². The predicted octanol–water partition coefficient (Wildman–Crippen LogP) is 9.16. The van der Waals surface area contributed by atoms with Crippen molar-refractivity contribution in [3.05, 3.63) is 39.5 Å². The molecule has 1 aliphatic heterocycles. The van der Waals surface area contributed by atoms with Gasteiger partial charge in [0.1, 0.15) is 0 Å². The van der Waals surface area contributed by atoms with Crippen LogP contribution in [0.3, 0.4) is 0 Å². The van der Waals surface area contributed by atoms with Crippen molar-refractivity contribution < 1.29 is 9.47 Å². The van der Waals surface area contributed by atoms with E-state index in [1.165, 1.54) is 63.0 Å². The summed E-state index contributed by atoms with van der Waals surface area (Å²) in [6, 6.07) is 8.78. The molecule has 0 aromatic heterocycles. The van der Waals surface area contributed by atoms with E-state index in [9.17, 15) is 0 Å². The molecule has 0 saturated carbocycles. The summed E-state index contributed by atoms with van der Waals surface area (Å²) in [6.45, 7) is 17.9. The standard InChI is InChI=1S/C18H23O2Si.3C4H9.Sn/c1-7-14-10-8-9-11-15(14)17-16(12-13-21(4,5)6)19-18(2,3)20-17;3*1-3-4-2;/h1,7-11,16-17H,2-6H3;3*1,3-4H2,2H3;/t16-,17-;;;;/m0..../s1. The van der Waals surface area contributed by atoms with Crippen LogP contribution in [0, 0.1) is 11.5 Å². The van der Waals surface area contributed by atoms with Crippen LogP contribution in [0.4, 0.5) is 0 Å². The van der Waals surface area contributed by atoms with E-state index in [4.69, 9.17) is 9.47 Å². The Morgan fingerprint density at radius 3 is 2.00 bits per heavy atom. The number of hydrogen-bond acceptors (Lipinski definition) is 2. The van der Waals surface area contributed by atoms with Crippen LogP contribution in [0.2, 0.25) is 33.0 Å². The third-order valence-corrected chi connectivity index (χ3v) is 21.6. The van der Waals surface area contributed by atoms with Gasteiger partial charge in [-0.1, -0.05) is 0 Å². The molecule has 1 aromatic carbocycles. The average Bonchev–Trinajstić information content (AvgIpc) is 3.11. The third kappa shape index (κ3) is 9.49. The fraction of sp³-hybridized carbons (Fsp3) is 0.667. The van der Waals surface area contributed by atoms with Crippen molar-refractivity contribution in [2.24, 2.45) is 0 Å². The van der Waals surface area contributed by atoms with Crippen LogP contribution in [0.1, 0.15) is 90.4 Å². The van der Waals surface area contributed by atoms with E-state index in [-0.39, 0.29) is 12.2 Å². The summed E-state index contributed by atoms with van der Waals surface area (Å²) >= 11 is -2.36. The van der Waals surface area contributed by atoms with Crippen LogP contribution >= 0.6 is 0 Å². The molecule has 2 rings (SSSR count). The van der Waals surface area contributed by atoms with Crippen molar-refractivity contribution in [3.63, 3.8) is 0 Å². The molecule has 0 bridgehead atoms. The Balaban J connectivity index is 2.43. The fourth-order valence-corrected chi connectivity index (χ4v) is 19.5. The molecule has 4 heteroatoms. The van der Waals surface area contributed by atoms with E-state index in [0.29, 0.717) is 0 Å². The topological polar surface area (TPSA) is 18.5 Å². The number of ether oxygens (including phenoxy) is 2. The maximum absolute atomic E-state index is 6.45. The van der Waals surface area contributed by atoms with Gasteiger partial charge >= 0.3 is 217 Å². The first-order chi connectivity index (χ1) is 16.0. The Bertz CT molecular complexity index is 822. The summed E-state index contributed by atoms with van der Waals surface area (Å²) in [7, 11) is -1.50. The van der Waals surface area contributed by atoms with Gasteiger partial charge in [0.2, 0.25) is 0 Å². The minimum absolute atomic E-state index is 0.147. The first-order valence-corrected chi connectivity index (χ1v) is 24.9. The quantitative estimate of drug-likeness (QED) is 0.179. The van der Waals surface area contributed by atoms with Gasteiger partial charge < -0.3 is 0 Å². The number of unbranched alkanes of at least 4 members (excludes halogenated alkanes) is 3. The molecule has 0 spiro atoms. The molecule has 0 radical (unpaired) electrons. The van der Waals surface area contributed by atoms with Crippen molar-refractivity contribution in [1.29, 1.82) is 0 Å². The van der Waals surface area contributed by atoms with E-state index in [0.717, 1.165) is 0 Å². The molecule has 1 fully saturated rings. The first kappa shape index (κ1) is 29.7. The fourth-order valence-electron chi connectivity index (χ4n) is 4.78. The molecule has 34 heavy (non-hydrogen) atoms. The summed E-state index contributed by atoms with van der Waals surface area (Å²) in [6.07, 6.45) is 10.2. The summed E-state index contributed by atoms with van der Waals surface area (Å²) in [5.74, 6) is 2.84. The normalized spacial score (nSPS) is 20.5. The second kappa shape index (κ2) is 13.7. The Morgan fingerprint density at radius 2 is 1.47 bits per heavy atom. The number of benzene rings is 1. The van der Waals surface area contributed by atoms with Gasteiger partial charge in [-0.3, -0.25) is 0 Å². The Hall–Kier alpha value is -0.544. The Kier molecular flexibility index (Phi) is 11.9. The molecule has 1 heterocycles. The van der Waals surface area contributed by atoms with Crippen LogP contribution in [-0.4, -0.2) is 38.3 Å². The summed E-state index contributed by atoms with van der Waals surface area (Å²) < 4.78 is 20.0. The molecule has 0 aliphatic carbocycles. The van der Waals surface area contributed by atoms with E-state index < -0.39 is 32.2 Å². The van der Waals surface area contributed by atoms with E-state index in [1.807, 2.05) is 13.8 Å². The molecule has 1 aliphatic rings. The van der Waals surface area contributed by atoms with E-state index in [1.54, 1.807) is 0 Å². The summed E-state index contributed by atoms with van der Waals surface area (Å²) in [4.78, 5) is 0. The van der Waals surface area contributed by atoms with Crippen LogP contribution in [-0.2, 0) is 9.47 Å². The molecular formula is C30H50O2SiSn. The number of rotatable bonds is 12. The van der Waals surface area contributed by atoms with Crippen molar-refractivity contribution in [2.45, 2.75) is 124 Å². The maximum atomic E-state index is 6.45. The van der Waals surface area contributed by atoms with Crippen LogP contribution < -0.4 is 0 Å². The van der Waals surface area contributed by atoms with Crippen molar-refractivity contribution >= 4 is 32.5 Å². The van der Waals surface area contributed by atoms with E-state index in [2.05, 4.69) is 86.3 Å². The van der Waals surface area contributed by atoms with Gasteiger partial charge in [-0.05, 0) is 0 Å². The molecular weight excluding hydrogens is 539 g/mol. The van der Waals surface area contributed by atoms with Crippen LogP contribution in [0.15, 0.2) is 28.4 Å². The molecule has 2 nitrogen and oxygen atoms in total. The molecule has 0 N–H and O–H groups in total. The molecule has 0 amide bonds. The first-order valence-electron chi connectivity index (χ1n) is 13.7. The predicted molar refractivity (Wildman–Crippen MR) is 154 cm³/mol. The van der Waals surface area contributed by atoms with Crippen LogP contribution in [0.25, 0.3) is 6.08 Å². The molecule has 2 atom stereocenters. The monoisotopic (exact) mass is 590 g/mol. The SMILES string of the molecule is CCC[CH2][Sn](/[CH]=C/c1ccccc1[C@@H]1OC(C)(C)O[C@H]1C#C[Si](C)(C)C)([CH2]CCC)[CH2]CCC. The Morgan fingerprint density at radius 1 is 0.912 bits per heavy atom. The van der Waals surface area contributed by atoms with Crippen molar-refractivity contribution in [1.82, 2.24) is 0 Å². The zero-order valence-corrected chi connectivity index (χ0v) is 27.2. The molecule has 1 aromatic rings. The van der Waals surface area contributed by atoms with Crippen molar-refractivity contribution in [3.8, 4) is 11.5 Å². The average molecular weight is 590 g/mol. The molecule has 1 saturated heterocycles. The third-order valence-electron chi connectivity index (χ3n) is 6.69. The second-order valence-electron chi connectivity index (χ2n) is 11.6. The zero-order chi connectivity index (χ0) is 25.2. The van der Waals surface area contributed by atoms with Gasteiger partial charge in [0.15, 0.2) is 0 Å². The Labute approximate surface area is 216 Å². The van der Waals surface area contributed by atoms with Gasteiger partial charge in [0.25, 0.3) is 0 Å². The molecule has 190 valence electrons. The zero-order valence-electron chi connectivity index (χ0n) is 23.3. The van der Waals surface area contributed by atoms with Gasteiger partial charge in [-0.25, -0.2) is 0 Å². The minimum atomic E-state index is -2.36. The van der Waals surface area contributed by atoms with Gasteiger partial charge in [0, 0.05) is 0 Å². The second-order valence-corrected chi connectivity index (χ2v) is 29.4. The molecule has 0 unspecified atom stereocenters. The number of hydrogen-bond donors (Lipinski definition) is 0. The van der Waals surface area contributed by atoms with E-state index >= 15 is 0 Å². The van der Waals surface area contributed by atoms with Gasteiger partial charge in [0.05, 0.1) is 0 Å².